The number of likely N-dealkylation sites (N-methyl/N-ethyl adjacent to an activating group) is 1. The summed E-state index contributed by atoms with van der Waals surface area (Å²) in [6.45, 7) is 6.81. The summed E-state index contributed by atoms with van der Waals surface area (Å²) in [6.07, 6.45) is 72.6. The van der Waals surface area contributed by atoms with Crippen molar-refractivity contribution >= 4 is 19.7 Å². The number of rotatable bonds is 61. The van der Waals surface area contributed by atoms with Crippen molar-refractivity contribution in [3.8, 4) is 0 Å². The highest BCUT2D eigenvalue weighted by molar-refractivity contribution is 7.45. The molecule has 0 aromatic rings. The molecule has 3 unspecified atom stereocenters. The summed E-state index contributed by atoms with van der Waals surface area (Å²) in [5.41, 5.74) is 0. The zero-order valence-electron chi connectivity index (χ0n) is 52.4. The number of phosphoric ester groups is 1. The molecule has 1 amide bonds. The van der Waals surface area contributed by atoms with Crippen LogP contribution in [0.4, 0.5) is 0 Å². The van der Waals surface area contributed by atoms with Crippen molar-refractivity contribution in [2.75, 3.05) is 40.9 Å². The number of amides is 1. The first kappa shape index (κ1) is 76.0. The summed E-state index contributed by atoms with van der Waals surface area (Å²) in [6, 6.07) is -0.916. The van der Waals surface area contributed by atoms with Gasteiger partial charge in [-0.05, 0) is 76.7 Å². The van der Waals surface area contributed by atoms with Crippen LogP contribution in [0.15, 0.2) is 48.6 Å². The maximum atomic E-state index is 13.5. The van der Waals surface area contributed by atoms with E-state index >= 15 is 0 Å². The maximum Gasteiger partial charge on any atom is 0.306 e. The van der Waals surface area contributed by atoms with Crippen molar-refractivity contribution in [1.82, 2.24) is 5.32 Å². The largest absolute Gasteiger partial charge is 0.756 e. The number of esters is 1. The predicted molar refractivity (Wildman–Crippen MR) is 335 cm³/mol. The number of unbranched alkanes of at least 4 members (excludes halogenated alkanes) is 39. The third kappa shape index (κ3) is 58.6. The second kappa shape index (κ2) is 58.2. The van der Waals surface area contributed by atoms with Crippen LogP contribution in [0.1, 0.15) is 323 Å². The van der Waals surface area contributed by atoms with Crippen LogP contribution < -0.4 is 10.2 Å². The zero-order chi connectivity index (χ0) is 57.2. The fraction of sp³-hybridized carbons (Fsp3) is 0.853. The highest BCUT2D eigenvalue weighted by Gasteiger charge is 2.27. The highest BCUT2D eigenvalue weighted by Crippen LogP contribution is 2.38. The lowest BCUT2D eigenvalue weighted by Gasteiger charge is -2.30. The van der Waals surface area contributed by atoms with Crippen LogP contribution in [-0.4, -0.2) is 69.4 Å². The molecule has 0 radical (unpaired) electrons. The first-order valence-electron chi connectivity index (χ1n) is 33.4. The van der Waals surface area contributed by atoms with Crippen molar-refractivity contribution in [2.45, 2.75) is 335 Å². The number of quaternary nitrogens is 1. The lowest BCUT2D eigenvalue weighted by atomic mass is 10.0. The quantitative estimate of drug-likeness (QED) is 0.0212. The molecule has 458 valence electrons. The Morgan fingerprint density at radius 2 is 0.795 bits per heavy atom. The Morgan fingerprint density at radius 3 is 1.19 bits per heavy atom. The summed E-state index contributed by atoms with van der Waals surface area (Å²) in [5, 5.41) is 2.99. The molecule has 0 rings (SSSR count). The normalized spacial score (nSPS) is 13.9. The topological polar surface area (TPSA) is 114 Å². The molecule has 9 nitrogen and oxygen atoms in total. The number of nitrogens with one attached hydrogen (secondary N) is 1. The molecule has 0 saturated carbocycles. The third-order valence-electron chi connectivity index (χ3n) is 15.0. The molecule has 0 aromatic carbocycles. The van der Waals surface area contributed by atoms with Gasteiger partial charge in [0.05, 0.1) is 33.8 Å². The molecule has 0 aromatic heterocycles. The van der Waals surface area contributed by atoms with Crippen LogP contribution >= 0.6 is 7.82 Å². The van der Waals surface area contributed by atoms with Gasteiger partial charge in [0.15, 0.2) is 0 Å². The highest BCUT2D eigenvalue weighted by atomic mass is 31.2. The number of allylic oxidation sites excluding steroid dienone is 7. The molecular weight excluding hydrogens is 988 g/mol. The van der Waals surface area contributed by atoms with Gasteiger partial charge in [-0.25, -0.2) is 0 Å². The number of ether oxygens (including phenoxy) is 1. The molecule has 10 heteroatoms. The average molecular weight is 1120 g/mol. The van der Waals surface area contributed by atoms with Crippen LogP contribution in [0.5, 0.6) is 0 Å². The standard InChI is InChI=1S/C68H129N2O7P/c1-7-10-13-16-19-22-25-28-29-30-31-32-33-34-35-36-37-38-39-40-41-43-46-49-52-55-58-61-68(72)77-66(59-56-53-50-47-44-27-24-21-18-15-12-9-3)65(64-76-78(73,74)75-63-62-70(4,5)6)69-67(71)60-57-54-51-48-45-42-26-23-20-17-14-11-8-2/h28-29,42,45,51,54,56,59,65-66H,7-27,30-41,43-44,46-50,52-53,55,57-58,60-64H2,1-6H3,(H-,69,71,73,74)/b29-28+,45-42-,54-51+,59-56-. The van der Waals surface area contributed by atoms with Gasteiger partial charge in [-0.15, -0.1) is 0 Å². The maximum absolute atomic E-state index is 13.5. The van der Waals surface area contributed by atoms with Crippen molar-refractivity contribution in [3.63, 3.8) is 0 Å². The van der Waals surface area contributed by atoms with Crippen LogP contribution in [0, 0.1) is 0 Å². The Bertz CT molecular complexity index is 1470. The minimum Gasteiger partial charge on any atom is -0.756 e. The van der Waals surface area contributed by atoms with Crippen LogP contribution in [-0.2, 0) is 27.9 Å². The summed E-state index contributed by atoms with van der Waals surface area (Å²) in [4.78, 5) is 39.9. The Hall–Kier alpha value is -2.03. The molecular formula is C68H129N2O7P. The summed E-state index contributed by atoms with van der Waals surface area (Å²) in [5.74, 6) is -0.608. The van der Waals surface area contributed by atoms with Crippen LogP contribution in [0.3, 0.4) is 0 Å². The molecule has 0 aliphatic carbocycles. The number of phosphoric acid groups is 1. The molecule has 1 N–H and O–H groups in total. The number of carbonyl (C=O) groups is 2. The average Bonchev–Trinajstić information content (AvgIpc) is 3.40. The van der Waals surface area contributed by atoms with E-state index < -0.39 is 26.6 Å². The molecule has 78 heavy (non-hydrogen) atoms. The van der Waals surface area contributed by atoms with Gasteiger partial charge in [-0.3, -0.25) is 14.2 Å². The van der Waals surface area contributed by atoms with Crippen molar-refractivity contribution < 1.29 is 37.3 Å². The Morgan fingerprint density at radius 1 is 0.449 bits per heavy atom. The van der Waals surface area contributed by atoms with Gasteiger partial charge >= 0.3 is 5.97 Å². The summed E-state index contributed by atoms with van der Waals surface area (Å²) >= 11 is 0. The minimum atomic E-state index is -4.71. The van der Waals surface area contributed by atoms with Crippen LogP contribution in [0.25, 0.3) is 0 Å². The van der Waals surface area contributed by atoms with Gasteiger partial charge in [0.1, 0.15) is 19.3 Å². The van der Waals surface area contributed by atoms with Crippen molar-refractivity contribution in [2.24, 2.45) is 0 Å². The van der Waals surface area contributed by atoms with Crippen molar-refractivity contribution in [3.05, 3.63) is 48.6 Å². The lowest BCUT2D eigenvalue weighted by Crippen LogP contribution is -2.47. The second-order valence-corrected chi connectivity index (χ2v) is 25.4. The molecule has 0 aliphatic heterocycles. The molecule has 0 saturated heterocycles. The second-order valence-electron chi connectivity index (χ2n) is 24.0. The van der Waals surface area contributed by atoms with Gasteiger partial charge in [0, 0.05) is 12.8 Å². The Balaban J connectivity index is 5.02. The summed E-state index contributed by atoms with van der Waals surface area (Å²) < 4.78 is 30.3. The van der Waals surface area contributed by atoms with E-state index in [1.807, 2.05) is 39.4 Å². The Kier molecular flexibility index (Phi) is 56.7. The smallest absolute Gasteiger partial charge is 0.306 e. The predicted octanol–water partition coefficient (Wildman–Crippen LogP) is 20.2. The van der Waals surface area contributed by atoms with Crippen LogP contribution in [0.2, 0.25) is 0 Å². The monoisotopic (exact) mass is 1120 g/mol. The lowest BCUT2D eigenvalue weighted by molar-refractivity contribution is -0.870. The molecule has 0 bridgehead atoms. The van der Waals surface area contributed by atoms with Gasteiger partial charge in [0.2, 0.25) is 5.91 Å². The molecule has 0 aliphatic rings. The van der Waals surface area contributed by atoms with E-state index in [0.717, 1.165) is 51.4 Å². The first-order valence-corrected chi connectivity index (χ1v) is 34.9. The molecule has 0 spiro atoms. The molecule has 3 atom stereocenters. The Labute approximate surface area is 484 Å². The van der Waals surface area contributed by atoms with Gasteiger partial charge in [-0.2, -0.15) is 0 Å². The van der Waals surface area contributed by atoms with E-state index in [1.54, 1.807) is 0 Å². The number of hydrogen-bond acceptors (Lipinski definition) is 7. The number of hydrogen-bond donors (Lipinski definition) is 1. The van der Waals surface area contributed by atoms with E-state index in [0.29, 0.717) is 17.4 Å². The number of nitrogens with zero attached hydrogens (tertiary/aromatic N) is 1. The molecule has 0 fully saturated rings. The molecule has 0 heterocycles. The first-order chi connectivity index (χ1) is 37.9. The van der Waals surface area contributed by atoms with Gasteiger partial charge < -0.3 is 28.5 Å². The summed E-state index contributed by atoms with van der Waals surface area (Å²) in [7, 11) is 1.16. The fourth-order valence-corrected chi connectivity index (χ4v) is 10.5. The number of carbonyl (C=O) groups excluding carboxylic acids is 2. The van der Waals surface area contributed by atoms with Gasteiger partial charge in [0.25, 0.3) is 7.82 Å². The van der Waals surface area contributed by atoms with Gasteiger partial charge in [-0.1, -0.05) is 282 Å². The minimum absolute atomic E-state index is 0.0302. The third-order valence-corrected chi connectivity index (χ3v) is 16.0. The van der Waals surface area contributed by atoms with Crippen molar-refractivity contribution in [1.29, 1.82) is 0 Å². The zero-order valence-corrected chi connectivity index (χ0v) is 53.3. The van der Waals surface area contributed by atoms with E-state index in [1.165, 1.54) is 231 Å². The SMILES string of the molecule is CCCCCCCC/C=C\C/C=C/CCC(=O)NC(COP(=O)([O-])OCC[N+](C)(C)C)C(/C=C\CCCCCCCCCCCC)OC(=O)CCCCCCCCCCCCCCCCCCC/C=C/CCCCCCCC. The van der Waals surface area contributed by atoms with E-state index in [4.69, 9.17) is 13.8 Å². The van der Waals surface area contributed by atoms with E-state index in [2.05, 4.69) is 56.5 Å². The van der Waals surface area contributed by atoms with E-state index in [-0.39, 0.29) is 31.3 Å². The fourth-order valence-electron chi connectivity index (χ4n) is 9.80. The van der Waals surface area contributed by atoms with E-state index in [9.17, 15) is 19.0 Å².